The number of nitrogens with one attached hydrogen (secondary N) is 1. The second kappa shape index (κ2) is 6.35. The predicted octanol–water partition coefficient (Wildman–Crippen LogP) is 2.61. The molecule has 0 unspecified atom stereocenters. The number of carboxylic acid groups (broad SMARTS) is 1. The van der Waals surface area contributed by atoms with Gasteiger partial charge in [-0.3, -0.25) is 9.59 Å². The number of thiazole rings is 1. The number of hydrogen-bond acceptors (Lipinski definition) is 4. The van der Waals surface area contributed by atoms with E-state index in [-0.39, 0.29) is 17.7 Å². The Hall–Kier alpha value is -1.43. The first-order valence-electron chi connectivity index (χ1n) is 6.93. The Morgan fingerprint density at radius 3 is 2.65 bits per heavy atom. The zero-order valence-corrected chi connectivity index (χ0v) is 12.5. The van der Waals surface area contributed by atoms with Gasteiger partial charge < -0.3 is 10.4 Å². The quantitative estimate of drug-likeness (QED) is 0.875. The average molecular weight is 296 g/mol. The highest BCUT2D eigenvalue weighted by Gasteiger charge is 2.34. The van der Waals surface area contributed by atoms with E-state index in [4.69, 9.17) is 5.11 Å². The number of carbonyl (C=O) groups is 2. The fourth-order valence-corrected chi connectivity index (χ4v) is 3.55. The van der Waals surface area contributed by atoms with Crippen molar-refractivity contribution in [1.29, 1.82) is 0 Å². The van der Waals surface area contributed by atoms with Crippen molar-refractivity contribution in [2.24, 2.45) is 5.41 Å². The van der Waals surface area contributed by atoms with Gasteiger partial charge in [0.1, 0.15) is 4.88 Å². The van der Waals surface area contributed by atoms with Crippen LogP contribution in [0.1, 0.15) is 53.2 Å². The minimum atomic E-state index is -0.783. The van der Waals surface area contributed by atoms with Gasteiger partial charge in [0.15, 0.2) is 0 Å². The Morgan fingerprint density at radius 1 is 1.40 bits per heavy atom. The van der Waals surface area contributed by atoms with Crippen LogP contribution in [0.3, 0.4) is 0 Å². The molecule has 20 heavy (non-hydrogen) atoms. The molecule has 6 heteroatoms. The SMILES string of the molecule is Cc1ncc(C(=O)NCC2(CC(=O)O)CCCCC2)s1. The summed E-state index contributed by atoms with van der Waals surface area (Å²) >= 11 is 1.36. The number of aryl methyl sites for hydroxylation is 1. The molecule has 1 aliphatic rings. The molecule has 1 aromatic rings. The highest BCUT2D eigenvalue weighted by atomic mass is 32.1. The molecule has 1 saturated carbocycles. The maximum absolute atomic E-state index is 12.0. The molecule has 0 atom stereocenters. The van der Waals surface area contributed by atoms with Crippen molar-refractivity contribution in [3.05, 3.63) is 16.1 Å². The van der Waals surface area contributed by atoms with Gasteiger partial charge in [-0.15, -0.1) is 11.3 Å². The topological polar surface area (TPSA) is 79.3 Å². The van der Waals surface area contributed by atoms with E-state index in [1.165, 1.54) is 11.3 Å². The van der Waals surface area contributed by atoms with Gasteiger partial charge in [0, 0.05) is 6.54 Å². The lowest BCUT2D eigenvalue weighted by molar-refractivity contribution is -0.140. The van der Waals surface area contributed by atoms with Crippen LogP contribution in [0, 0.1) is 12.3 Å². The van der Waals surface area contributed by atoms with Crippen molar-refractivity contribution in [3.8, 4) is 0 Å². The highest BCUT2D eigenvalue weighted by molar-refractivity contribution is 7.13. The molecule has 1 amide bonds. The minimum absolute atomic E-state index is 0.134. The summed E-state index contributed by atoms with van der Waals surface area (Å²) < 4.78 is 0. The molecule has 5 nitrogen and oxygen atoms in total. The van der Waals surface area contributed by atoms with Crippen LogP contribution in [0.25, 0.3) is 0 Å². The number of nitrogens with zero attached hydrogens (tertiary/aromatic N) is 1. The number of amides is 1. The lowest BCUT2D eigenvalue weighted by atomic mass is 9.71. The fourth-order valence-electron chi connectivity index (χ4n) is 2.86. The molecule has 1 fully saturated rings. The molecular formula is C14H20N2O3S. The smallest absolute Gasteiger partial charge is 0.303 e. The Labute approximate surface area is 122 Å². The number of carboxylic acids is 1. The summed E-state index contributed by atoms with van der Waals surface area (Å²) in [6.45, 7) is 2.30. The molecule has 0 aromatic carbocycles. The van der Waals surface area contributed by atoms with E-state index in [2.05, 4.69) is 10.3 Å². The van der Waals surface area contributed by atoms with Gasteiger partial charge in [-0.2, -0.15) is 0 Å². The third-order valence-electron chi connectivity index (χ3n) is 3.91. The van der Waals surface area contributed by atoms with Crippen molar-refractivity contribution in [2.45, 2.75) is 45.4 Å². The van der Waals surface area contributed by atoms with E-state index in [1.54, 1.807) is 6.20 Å². The molecular weight excluding hydrogens is 276 g/mol. The second-order valence-electron chi connectivity index (χ2n) is 5.56. The minimum Gasteiger partial charge on any atom is -0.481 e. The lowest BCUT2D eigenvalue weighted by Crippen LogP contribution is -2.40. The standard InChI is InChI=1S/C14H20N2O3S/c1-10-15-8-11(20-10)13(19)16-9-14(7-12(17)18)5-3-2-4-6-14/h8H,2-7,9H2,1H3,(H,16,19)(H,17,18). The fraction of sp³-hybridized carbons (Fsp3) is 0.643. The first-order valence-corrected chi connectivity index (χ1v) is 7.75. The number of rotatable bonds is 5. The van der Waals surface area contributed by atoms with Crippen molar-refractivity contribution in [3.63, 3.8) is 0 Å². The summed E-state index contributed by atoms with van der Waals surface area (Å²) in [5.74, 6) is -0.930. The highest BCUT2D eigenvalue weighted by Crippen LogP contribution is 2.38. The number of hydrogen-bond donors (Lipinski definition) is 2. The molecule has 1 aromatic heterocycles. The Morgan fingerprint density at radius 2 is 2.10 bits per heavy atom. The van der Waals surface area contributed by atoms with Crippen LogP contribution in [-0.4, -0.2) is 28.5 Å². The summed E-state index contributed by atoms with van der Waals surface area (Å²) in [5.41, 5.74) is -0.278. The van der Waals surface area contributed by atoms with Crippen LogP contribution in [0.4, 0.5) is 0 Å². The van der Waals surface area contributed by atoms with Gasteiger partial charge in [-0.1, -0.05) is 19.3 Å². The molecule has 0 radical (unpaired) electrons. The van der Waals surface area contributed by atoms with Gasteiger partial charge in [0.2, 0.25) is 0 Å². The summed E-state index contributed by atoms with van der Waals surface area (Å²) in [6, 6.07) is 0. The maximum atomic E-state index is 12.0. The summed E-state index contributed by atoms with van der Waals surface area (Å²) in [6.07, 6.45) is 6.70. The third kappa shape index (κ3) is 3.79. The van der Waals surface area contributed by atoms with Crippen molar-refractivity contribution in [2.75, 3.05) is 6.54 Å². The number of aliphatic carboxylic acids is 1. The zero-order valence-electron chi connectivity index (χ0n) is 11.6. The molecule has 110 valence electrons. The molecule has 0 aliphatic heterocycles. The molecule has 0 bridgehead atoms. The van der Waals surface area contributed by atoms with Crippen LogP contribution in [0.15, 0.2) is 6.20 Å². The second-order valence-corrected chi connectivity index (χ2v) is 6.79. The van der Waals surface area contributed by atoms with Crippen LogP contribution < -0.4 is 5.32 Å². The first-order chi connectivity index (χ1) is 9.51. The van der Waals surface area contributed by atoms with Gasteiger partial charge in [0.05, 0.1) is 17.6 Å². The largest absolute Gasteiger partial charge is 0.481 e. The Balaban J connectivity index is 1.97. The van der Waals surface area contributed by atoms with Gasteiger partial charge in [-0.25, -0.2) is 4.98 Å². The normalized spacial score (nSPS) is 17.6. The summed E-state index contributed by atoms with van der Waals surface area (Å²) in [7, 11) is 0. The molecule has 1 aliphatic carbocycles. The van der Waals surface area contributed by atoms with Crippen molar-refractivity contribution in [1.82, 2.24) is 10.3 Å². The Kier molecular flexibility index (Phi) is 4.75. The van der Waals surface area contributed by atoms with Crippen LogP contribution in [0.5, 0.6) is 0 Å². The molecule has 2 rings (SSSR count). The zero-order chi connectivity index (χ0) is 14.6. The monoisotopic (exact) mass is 296 g/mol. The number of aromatic nitrogens is 1. The molecule has 0 saturated heterocycles. The van der Waals surface area contributed by atoms with E-state index in [0.29, 0.717) is 11.4 Å². The van der Waals surface area contributed by atoms with Crippen LogP contribution in [-0.2, 0) is 4.79 Å². The Bertz CT molecular complexity index is 492. The average Bonchev–Trinajstić information content (AvgIpc) is 2.83. The van der Waals surface area contributed by atoms with E-state index in [0.717, 1.165) is 37.1 Å². The van der Waals surface area contributed by atoms with E-state index in [1.807, 2.05) is 6.92 Å². The van der Waals surface area contributed by atoms with Crippen molar-refractivity contribution >= 4 is 23.2 Å². The molecule has 2 N–H and O–H groups in total. The van der Waals surface area contributed by atoms with Crippen LogP contribution in [0.2, 0.25) is 0 Å². The molecule has 1 heterocycles. The molecule has 0 spiro atoms. The van der Waals surface area contributed by atoms with Crippen LogP contribution >= 0.6 is 11.3 Å². The summed E-state index contributed by atoms with van der Waals surface area (Å²) in [4.78, 5) is 27.8. The summed E-state index contributed by atoms with van der Waals surface area (Å²) in [5, 5.41) is 12.8. The van der Waals surface area contributed by atoms with E-state index >= 15 is 0 Å². The first kappa shape index (κ1) is 15.0. The van der Waals surface area contributed by atoms with E-state index < -0.39 is 5.97 Å². The van der Waals surface area contributed by atoms with Crippen molar-refractivity contribution < 1.29 is 14.7 Å². The maximum Gasteiger partial charge on any atom is 0.303 e. The van der Waals surface area contributed by atoms with Gasteiger partial charge in [0.25, 0.3) is 5.91 Å². The third-order valence-corrected chi connectivity index (χ3v) is 4.82. The number of carbonyl (C=O) groups excluding carboxylic acids is 1. The van der Waals surface area contributed by atoms with E-state index in [9.17, 15) is 9.59 Å². The van der Waals surface area contributed by atoms with Gasteiger partial charge >= 0.3 is 5.97 Å². The predicted molar refractivity (Wildman–Crippen MR) is 77.0 cm³/mol. The van der Waals surface area contributed by atoms with Gasteiger partial charge in [-0.05, 0) is 25.2 Å². The lowest BCUT2D eigenvalue weighted by Gasteiger charge is -2.36.